The number of nitrogens with zero attached hydrogens (tertiary/aromatic N) is 2. The maximum atomic E-state index is 13.2. The first-order valence-electron chi connectivity index (χ1n) is 7.21. The van der Waals surface area contributed by atoms with Gasteiger partial charge >= 0.3 is 12.1 Å². The van der Waals surface area contributed by atoms with Gasteiger partial charge < -0.3 is 9.47 Å². The summed E-state index contributed by atoms with van der Waals surface area (Å²) < 4.78 is 50.7. The van der Waals surface area contributed by atoms with E-state index in [1.165, 1.54) is 30.1 Å². The second-order valence-corrected chi connectivity index (χ2v) is 5.04. The number of alkyl halides is 3. The lowest BCUT2D eigenvalue weighted by Gasteiger charge is -2.15. The molecule has 0 aliphatic rings. The van der Waals surface area contributed by atoms with Crippen molar-refractivity contribution in [3.8, 4) is 5.75 Å². The molecule has 1 aromatic heterocycles. The number of hydrogen-bond acceptors (Lipinski definition) is 4. The second-order valence-electron chi connectivity index (χ2n) is 5.04. The summed E-state index contributed by atoms with van der Waals surface area (Å²) in [5.74, 6) is -0.239. The highest BCUT2D eigenvalue weighted by atomic mass is 19.4. The Hall–Kier alpha value is -2.51. The fourth-order valence-electron chi connectivity index (χ4n) is 2.28. The summed E-state index contributed by atoms with van der Waals surface area (Å²) in [6.45, 7) is 3.34. The molecular weight excluding hydrogens is 325 g/mol. The molecule has 5 nitrogen and oxygen atoms in total. The molecule has 24 heavy (non-hydrogen) atoms. The van der Waals surface area contributed by atoms with E-state index < -0.39 is 17.7 Å². The predicted octanol–water partition coefficient (Wildman–Crippen LogP) is 3.44. The SMILES string of the molecule is CCOC(=O)c1cnn(Cc2cc(OC)ccc2C(F)(F)F)c1C. The summed E-state index contributed by atoms with van der Waals surface area (Å²) >= 11 is 0. The number of rotatable bonds is 5. The molecule has 2 aromatic rings. The average Bonchev–Trinajstić information content (AvgIpc) is 2.87. The van der Waals surface area contributed by atoms with Gasteiger partial charge in [0.2, 0.25) is 0 Å². The Morgan fingerprint density at radius 1 is 1.33 bits per heavy atom. The van der Waals surface area contributed by atoms with E-state index in [9.17, 15) is 18.0 Å². The van der Waals surface area contributed by atoms with E-state index in [0.717, 1.165) is 6.07 Å². The van der Waals surface area contributed by atoms with Crippen molar-refractivity contribution >= 4 is 5.97 Å². The van der Waals surface area contributed by atoms with Gasteiger partial charge in [-0.3, -0.25) is 4.68 Å². The molecule has 2 rings (SSSR count). The largest absolute Gasteiger partial charge is 0.497 e. The first kappa shape index (κ1) is 17.8. The third-order valence-corrected chi connectivity index (χ3v) is 3.54. The zero-order chi connectivity index (χ0) is 17.9. The van der Waals surface area contributed by atoms with Gasteiger partial charge in [-0.15, -0.1) is 0 Å². The van der Waals surface area contributed by atoms with Crippen molar-refractivity contribution in [1.82, 2.24) is 9.78 Å². The molecular formula is C16H17F3N2O3. The minimum atomic E-state index is -4.49. The van der Waals surface area contributed by atoms with Crippen molar-refractivity contribution in [2.75, 3.05) is 13.7 Å². The zero-order valence-corrected chi connectivity index (χ0v) is 13.5. The third kappa shape index (κ3) is 3.69. The van der Waals surface area contributed by atoms with Crippen molar-refractivity contribution in [1.29, 1.82) is 0 Å². The minimum absolute atomic E-state index is 0.00320. The number of methoxy groups -OCH3 is 1. The van der Waals surface area contributed by atoms with Gasteiger partial charge in [0.05, 0.1) is 37.7 Å². The van der Waals surface area contributed by atoms with E-state index in [4.69, 9.17) is 9.47 Å². The maximum Gasteiger partial charge on any atom is 0.416 e. The van der Waals surface area contributed by atoms with E-state index >= 15 is 0 Å². The van der Waals surface area contributed by atoms with E-state index in [-0.39, 0.29) is 24.3 Å². The number of aromatic nitrogens is 2. The van der Waals surface area contributed by atoms with Gasteiger partial charge in [0, 0.05) is 0 Å². The first-order valence-corrected chi connectivity index (χ1v) is 7.21. The summed E-state index contributed by atoms with van der Waals surface area (Å²) in [5.41, 5.74) is -0.1000. The summed E-state index contributed by atoms with van der Waals surface area (Å²) in [6.07, 6.45) is -3.20. The molecule has 0 saturated carbocycles. The van der Waals surface area contributed by atoms with E-state index in [1.54, 1.807) is 13.8 Å². The number of hydrogen-bond donors (Lipinski definition) is 0. The normalized spacial score (nSPS) is 11.4. The Labute approximate surface area is 137 Å². The zero-order valence-electron chi connectivity index (χ0n) is 13.5. The molecule has 0 aliphatic heterocycles. The van der Waals surface area contributed by atoms with Crippen LogP contribution in [0.5, 0.6) is 5.75 Å². The summed E-state index contributed by atoms with van der Waals surface area (Å²) in [6, 6.07) is 3.54. The van der Waals surface area contributed by atoms with E-state index in [2.05, 4.69) is 5.10 Å². The number of benzene rings is 1. The lowest BCUT2D eigenvalue weighted by atomic mass is 10.1. The lowest BCUT2D eigenvalue weighted by Crippen LogP contribution is -2.14. The highest BCUT2D eigenvalue weighted by Gasteiger charge is 2.33. The lowest BCUT2D eigenvalue weighted by molar-refractivity contribution is -0.138. The van der Waals surface area contributed by atoms with Crippen LogP contribution in [0, 0.1) is 6.92 Å². The smallest absolute Gasteiger partial charge is 0.416 e. The van der Waals surface area contributed by atoms with E-state index in [0.29, 0.717) is 11.4 Å². The van der Waals surface area contributed by atoms with Gasteiger partial charge in [-0.25, -0.2) is 4.79 Å². The Kier molecular flexibility index (Phi) is 5.16. The van der Waals surface area contributed by atoms with Gasteiger partial charge in [0.25, 0.3) is 0 Å². The van der Waals surface area contributed by atoms with E-state index in [1.807, 2.05) is 0 Å². The van der Waals surface area contributed by atoms with Gasteiger partial charge in [-0.1, -0.05) is 0 Å². The third-order valence-electron chi connectivity index (χ3n) is 3.54. The minimum Gasteiger partial charge on any atom is -0.497 e. The standard InChI is InChI=1S/C16H17F3N2O3/c1-4-24-15(22)13-8-20-21(10(13)2)9-11-7-12(23-3)5-6-14(11)16(17,18)19/h5-8H,4,9H2,1-3H3. The van der Waals surface area contributed by atoms with Gasteiger partial charge in [-0.05, 0) is 37.6 Å². The van der Waals surface area contributed by atoms with Crippen LogP contribution in [-0.2, 0) is 17.5 Å². The molecule has 0 radical (unpaired) electrons. The van der Waals surface area contributed by atoms with Crippen LogP contribution in [0.3, 0.4) is 0 Å². The van der Waals surface area contributed by atoms with Crippen LogP contribution < -0.4 is 4.74 Å². The molecule has 1 aromatic carbocycles. The number of ether oxygens (including phenoxy) is 2. The number of carbonyl (C=O) groups is 1. The number of halogens is 3. The van der Waals surface area contributed by atoms with Crippen molar-refractivity contribution in [2.45, 2.75) is 26.6 Å². The van der Waals surface area contributed by atoms with Crippen LogP contribution in [0.4, 0.5) is 13.2 Å². The molecule has 0 bridgehead atoms. The van der Waals surface area contributed by atoms with Crippen LogP contribution >= 0.6 is 0 Å². The molecule has 0 amide bonds. The molecule has 0 N–H and O–H groups in total. The van der Waals surface area contributed by atoms with Crippen LogP contribution in [0.1, 0.15) is 34.1 Å². The van der Waals surface area contributed by atoms with Crippen LogP contribution in [0.15, 0.2) is 24.4 Å². The molecule has 0 saturated heterocycles. The number of esters is 1. The van der Waals surface area contributed by atoms with Gasteiger partial charge in [0.1, 0.15) is 11.3 Å². The molecule has 0 unspecified atom stereocenters. The Morgan fingerprint density at radius 3 is 2.62 bits per heavy atom. The van der Waals surface area contributed by atoms with Crippen LogP contribution in [0.25, 0.3) is 0 Å². The first-order chi connectivity index (χ1) is 11.3. The average molecular weight is 342 g/mol. The maximum absolute atomic E-state index is 13.2. The fraction of sp³-hybridized carbons (Fsp3) is 0.375. The van der Waals surface area contributed by atoms with Crippen molar-refractivity contribution < 1.29 is 27.4 Å². The van der Waals surface area contributed by atoms with Gasteiger partial charge in [0.15, 0.2) is 0 Å². The Morgan fingerprint density at radius 2 is 2.04 bits per heavy atom. The fourth-order valence-corrected chi connectivity index (χ4v) is 2.28. The molecule has 1 heterocycles. The molecule has 8 heteroatoms. The monoisotopic (exact) mass is 342 g/mol. The highest BCUT2D eigenvalue weighted by molar-refractivity contribution is 5.90. The molecule has 0 fully saturated rings. The molecule has 0 atom stereocenters. The quantitative estimate of drug-likeness (QED) is 0.781. The second kappa shape index (κ2) is 6.94. The summed E-state index contributed by atoms with van der Waals surface area (Å²) in [4.78, 5) is 11.8. The van der Waals surface area contributed by atoms with Crippen molar-refractivity contribution in [2.24, 2.45) is 0 Å². The molecule has 0 spiro atoms. The highest BCUT2D eigenvalue weighted by Crippen LogP contribution is 2.34. The van der Waals surface area contributed by atoms with Crippen LogP contribution in [0.2, 0.25) is 0 Å². The number of carbonyl (C=O) groups excluding carboxylic acids is 1. The van der Waals surface area contributed by atoms with Crippen molar-refractivity contribution in [3.63, 3.8) is 0 Å². The topological polar surface area (TPSA) is 53.3 Å². The summed E-state index contributed by atoms with van der Waals surface area (Å²) in [7, 11) is 1.38. The molecule has 0 aliphatic carbocycles. The predicted molar refractivity (Wildman–Crippen MR) is 80.0 cm³/mol. The Balaban J connectivity index is 2.39. The van der Waals surface area contributed by atoms with Gasteiger partial charge in [-0.2, -0.15) is 18.3 Å². The van der Waals surface area contributed by atoms with Crippen molar-refractivity contribution in [3.05, 3.63) is 46.8 Å². The summed E-state index contributed by atoms with van der Waals surface area (Å²) in [5, 5.41) is 4.00. The Bertz CT molecular complexity index is 739. The van der Waals surface area contributed by atoms with Crippen LogP contribution in [-0.4, -0.2) is 29.5 Å². The molecule has 130 valence electrons.